The Morgan fingerprint density at radius 2 is 1.57 bits per heavy atom. The molecule has 0 aromatic heterocycles. The lowest BCUT2D eigenvalue weighted by atomic mass is 10.1. The molecule has 28 heavy (non-hydrogen) atoms. The van der Waals surface area contributed by atoms with Gasteiger partial charge in [-0.3, -0.25) is 4.79 Å². The average Bonchev–Trinajstić information content (AvgIpc) is 3.21. The molecule has 0 bridgehead atoms. The number of methoxy groups -OCH3 is 2. The standard InChI is InChI=1S/C21H25NO5S/c1-15-13-18(26-2)19(27-3)14-17(15)22-20(23)21(11-7-8-12-21)28(24,25)16-9-5-4-6-10-16/h4-6,9-10,13-14H,7-8,11-12H2,1-3H3,(H,22,23). The molecule has 150 valence electrons. The second kappa shape index (κ2) is 7.83. The Morgan fingerprint density at radius 1 is 1.00 bits per heavy atom. The Kier molecular flexibility index (Phi) is 5.65. The Balaban J connectivity index is 2.00. The Morgan fingerprint density at radius 3 is 2.14 bits per heavy atom. The van der Waals surface area contributed by atoms with E-state index >= 15 is 0 Å². The zero-order valence-corrected chi connectivity index (χ0v) is 17.1. The van der Waals surface area contributed by atoms with E-state index in [-0.39, 0.29) is 4.90 Å². The molecule has 0 saturated heterocycles. The first-order valence-corrected chi connectivity index (χ1v) is 10.7. The first kappa shape index (κ1) is 20.2. The van der Waals surface area contributed by atoms with Crippen LogP contribution >= 0.6 is 0 Å². The van der Waals surface area contributed by atoms with Gasteiger partial charge in [0, 0.05) is 11.8 Å². The van der Waals surface area contributed by atoms with Crippen LogP contribution in [-0.2, 0) is 14.6 Å². The van der Waals surface area contributed by atoms with Crippen molar-refractivity contribution in [3.05, 3.63) is 48.0 Å². The van der Waals surface area contributed by atoms with Crippen LogP contribution in [0, 0.1) is 6.92 Å². The van der Waals surface area contributed by atoms with Gasteiger partial charge in [-0.1, -0.05) is 31.0 Å². The lowest BCUT2D eigenvalue weighted by molar-refractivity contribution is -0.118. The summed E-state index contributed by atoms with van der Waals surface area (Å²) in [6, 6.07) is 11.6. The van der Waals surface area contributed by atoms with E-state index in [0.29, 0.717) is 42.9 Å². The molecule has 2 aromatic rings. The van der Waals surface area contributed by atoms with Crippen LogP contribution in [0.15, 0.2) is 47.4 Å². The molecular formula is C21H25NO5S. The third-order valence-corrected chi connectivity index (χ3v) is 7.89. The fourth-order valence-electron chi connectivity index (χ4n) is 3.74. The second-order valence-electron chi connectivity index (χ2n) is 6.99. The predicted octanol–water partition coefficient (Wildman–Crippen LogP) is 3.74. The topological polar surface area (TPSA) is 81.7 Å². The van der Waals surface area contributed by atoms with Gasteiger partial charge in [-0.15, -0.1) is 0 Å². The number of amides is 1. The van der Waals surface area contributed by atoms with Crippen molar-refractivity contribution in [1.29, 1.82) is 0 Å². The predicted molar refractivity (Wildman–Crippen MR) is 108 cm³/mol. The van der Waals surface area contributed by atoms with Crippen molar-refractivity contribution >= 4 is 21.4 Å². The molecule has 6 nitrogen and oxygen atoms in total. The van der Waals surface area contributed by atoms with Crippen molar-refractivity contribution in [3.63, 3.8) is 0 Å². The van der Waals surface area contributed by atoms with E-state index in [1.54, 1.807) is 42.5 Å². The van der Waals surface area contributed by atoms with Gasteiger partial charge < -0.3 is 14.8 Å². The van der Waals surface area contributed by atoms with Gasteiger partial charge in [0.2, 0.25) is 5.91 Å². The zero-order valence-electron chi connectivity index (χ0n) is 16.3. The third-order valence-electron chi connectivity index (χ3n) is 5.37. The van der Waals surface area contributed by atoms with E-state index in [0.717, 1.165) is 5.56 Å². The van der Waals surface area contributed by atoms with Crippen molar-refractivity contribution in [3.8, 4) is 11.5 Å². The van der Waals surface area contributed by atoms with E-state index in [1.807, 2.05) is 6.92 Å². The molecule has 0 unspecified atom stereocenters. The smallest absolute Gasteiger partial charge is 0.246 e. The van der Waals surface area contributed by atoms with Gasteiger partial charge in [-0.2, -0.15) is 0 Å². The van der Waals surface area contributed by atoms with Crippen LogP contribution in [0.1, 0.15) is 31.2 Å². The molecule has 1 N–H and O–H groups in total. The van der Waals surface area contributed by atoms with E-state index in [9.17, 15) is 13.2 Å². The number of sulfone groups is 1. The molecule has 1 aliphatic carbocycles. The summed E-state index contributed by atoms with van der Waals surface area (Å²) >= 11 is 0. The molecule has 0 aliphatic heterocycles. The summed E-state index contributed by atoms with van der Waals surface area (Å²) in [4.78, 5) is 13.5. The van der Waals surface area contributed by atoms with Crippen molar-refractivity contribution in [2.24, 2.45) is 0 Å². The monoisotopic (exact) mass is 403 g/mol. The largest absolute Gasteiger partial charge is 0.493 e. The SMILES string of the molecule is COc1cc(C)c(NC(=O)C2(S(=O)(=O)c3ccccc3)CCCC2)cc1OC. The van der Waals surface area contributed by atoms with Crippen LogP contribution in [0.25, 0.3) is 0 Å². The number of anilines is 1. The number of hydrogen-bond donors (Lipinski definition) is 1. The summed E-state index contributed by atoms with van der Waals surface area (Å²) in [6.07, 6.45) is 2.01. The lowest BCUT2D eigenvalue weighted by Crippen LogP contribution is -2.47. The summed E-state index contributed by atoms with van der Waals surface area (Å²) in [5.41, 5.74) is 1.27. The first-order valence-electron chi connectivity index (χ1n) is 9.19. The highest BCUT2D eigenvalue weighted by atomic mass is 32.2. The Labute approximate surface area is 165 Å². The minimum absolute atomic E-state index is 0.177. The molecule has 0 radical (unpaired) electrons. The number of carbonyl (C=O) groups is 1. The summed E-state index contributed by atoms with van der Waals surface area (Å²) in [5, 5.41) is 2.84. The molecule has 0 heterocycles. The maximum Gasteiger partial charge on any atom is 0.246 e. The van der Waals surface area contributed by atoms with Crippen LogP contribution in [0.5, 0.6) is 11.5 Å². The van der Waals surface area contributed by atoms with Crippen LogP contribution < -0.4 is 14.8 Å². The minimum atomic E-state index is -3.83. The number of rotatable bonds is 6. The molecule has 1 aliphatic rings. The van der Waals surface area contributed by atoms with E-state index < -0.39 is 20.5 Å². The number of nitrogens with one attached hydrogen (secondary N) is 1. The molecule has 7 heteroatoms. The minimum Gasteiger partial charge on any atom is -0.493 e. The van der Waals surface area contributed by atoms with Gasteiger partial charge >= 0.3 is 0 Å². The van der Waals surface area contributed by atoms with Crippen molar-refractivity contribution in [2.45, 2.75) is 42.2 Å². The van der Waals surface area contributed by atoms with Gasteiger partial charge in [-0.25, -0.2) is 8.42 Å². The zero-order chi connectivity index (χ0) is 20.4. The summed E-state index contributed by atoms with van der Waals surface area (Å²) in [5.74, 6) is 0.518. The maximum absolute atomic E-state index is 13.4. The maximum atomic E-state index is 13.4. The van der Waals surface area contributed by atoms with Crippen LogP contribution in [0.3, 0.4) is 0 Å². The molecule has 3 rings (SSSR count). The van der Waals surface area contributed by atoms with E-state index in [2.05, 4.69) is 5.32 Å². The van der Waals surface area contributed by atoms with Gasteiger partial charge in [0.25, 0.3) is 0 Å². The Bertz CT molecular complexity index is 964. The normalized spacial score (nSPS) is 15.8. The molecule has 1 amide bonds. The molecule has 1 saturated carbocycles. The number of carbonyl (C=O) groups excluding carboxylic acids is 1. The third kappa shape index (κ3) is 3.35. The number of ether oxygens (including phenoxy) is 2. The molecule has 1 fully saturated rings. The number of aryl methyl sites for hydroxylation is 1. The van der Waals surface area contributed by atoms with Crippen molar-refractivity contribution in [1.82, 2.24) is 0 Å². The fraction of sp³-hybridized carbons (Fsp3) is 0.381. The number of benzene rings is 2. The van der Waals surface area contributed by atoms with Gasteiger partial charge in [0.15, 0.2) is 26.1 Å². The highest BCUT2D eigenvalue weighted by molar-refractivity contribution is 7.93. The van der Waals surface area contributed by atoms with Gasteiger partial charge in [0.1, 0.15) is 0 Å². The Hall–Kier alpha value is -2.54. The molecular weight excluding hydrogens is 378 g/mol. The fourth-order valence-corrected chi connectivity index (χ4v) is 5.83. The number of hydrogen-bond acceptors (Lipinski definition) is 5. The summed E-state index contributed by atoms with van der Waals surface area (Å²) in [6.45, 7) is 1.82. The van der Waals surface area contributed by atoms with Gasteiger partial charge in [0.05, 0.1) is 19.1 Å². The van der Waals surface area contributed by atoms with E-state index in [4.69, 9.17) is 9.47 Å². The summed E-state index contributed by atoms with van der Waals surface area (Å²) < 4.78 is 35.9. The lowest BCUT2D eigenvalue weighted by Gasteiger charge is -2.28. The van der Waals surface area contributed by atoms with Crippen molar-refractivity contribution < 1.29 is 22.7 Å². The molecule has 0 atom stereocenters. The first-order chi connectivity index (χ1) is 13.4. The van der Waals surface area contributed by atoms with E-state index in [1.165, 1.54) is 14.2 Å². The highest BCUT2D eigenvalue weighted by Crippen LogP contribution is 2.42. The van der Waals surface area contributed by atoms with Gasteiger partial charge in [-0.05, 0) is 43.5 Å². The van der Waals surface area contributed by atoms with Crippen LogP contribution in [0.2, 0.25) is 0 Å². The quantitative estimate of drug-likeness (QED) is 0.795. The van der Waals surface area contributed by atoms with Crippen LogP contribution in [0.4, 0.5) is 5.69 Å². The van der Waals surface area contributed by atoms with Crippen molar-refractivity contribution in [2.75, 3.05) is 19.5 Å². The highest BCUT2D eigenvalue weighted by Gasteiger charge is 2.53. The molecule has 2 aromatic carbocycles. The second-order valence-corrected chi connectivity index (χ2v) is 9.25. The van der Waals surface area contributed by atoms with Crippen LogP contribution in [-0.4, -0.2) is 33.3 Å². The summed E-state index contributed by atoms with van der Waals surface area (Å²) in [7, 11) is -0.781. The average molecular weight is 404 g/mol. The molecule has 0 spiro atoms.